The second kappa shape index (κ2) is 6.92. The molecular formula is C15H21NO3. The van der Waals surface area contributed by atoms with Gasteiger partial charge in [-0.3, -0.25) is 9.59 Å². The lowest BCUT2D eigenvalue weighted by atomic mass is 10.1. The zero-order valence-corrected chi connectivity index (χ0v) is 11.9. The van der Waals surface area contributed by atoms with Gasteiger partial charge in [0.15, 0.2) is 6.61 Å². The van der Waals surface area contributed by atoms with Gasteiger partial charge in [0.1, 0.15) is 0 Å². The fourth-order valence-corrected chi connectivity index (χ4v) is 1.46. The van der Waals surface area contributed by atoms with Crippen molar-refractivity contribution in [1.29, 1.82) is 0 Å². The van der Waals surface area contributed by atoms with Crippen molar-refractivity contribution in [1.82, 2.24) is 0 Å². The average Bonchev–Trinajstić information content (AvgIpc) is 2.39. The summed E-state index contributed by atoms with van der Waals surface area (Å²) in [6.45, 7) is 7.43. The van der Waals surface area contributed by atoms with Gasteiger partial charge in [-0.2, -0.15) is 0 Å². The molecule has 4 heteroatoms. The summed E-state index contributed by atoms with van der Waals surface area (Å²) in [6, 6.07) is 5.66. The van der Waals surface area contributed by atoms with Gasteiger partial charge in [0, 0.05) is 5.69 Å². The zero-order valence-electron chi connectivity index (χ0n) is 11.9. The number of benzene rings is 1. The van der Waals surface area contributed by atoms with Crippen molar-refractivity contribution in [2.24, 2.45) is 5.92 Å². The second-order valence-corrected chi connectivity index (χ2v) is 4.76. The molecular weight excluding hydrogens is 242 g/mol. The number of rotatable bonds is 5. The quantitative estimate of drug-likeness (QED) is 0.831. The first-order valence-corrected chi connectivity index (χ1v) is 6.47. The van der Waals surface area contributed by atoms with Crippen molar-refractivity contribution in [2.75, 3.05) is 11.9 Å². The highest BCUT2D eigenvalue weighted by molar-refractivity contribution is 5.93. The van der Waals surface area contributed by atoms with E-state index in [0.29, 0.717) is 12.1 Å². The van der Waals surface area contributed by atoms with E-state index in [-0.39, 0.29) is 24.4 Å². The number of aryl methyl sites for hydroxylation is 2. The number of amides is 1. The average molecular weight is 263 g/mol. The molecule has 4 nitrogen and oxygen atoms in total. The van der Waals surface area contributed by atoms with Crippen molar-refractivity contribution < 1.29 is 14.3 Å². The van der Waals surface area contributed by atoms with Crippen molar-refractivity contribution >= 4 is 17.6 Å². The maximum Gasteiger partial charge on any atom is 0.309 e. The second-order valence-electron chi connectivity index (χ2n) is 4.76. The van der Waals surface area contributed by atoms with E-state index in [4.69, 9.17) is 4.74 Å². The molecule has 0 aromatic heterocycles. The Morgan fingerprint density at radius 3 is 2.53 bits per heavy atom. The van der Waals surface area contributed by atoms with E-state index in [9.17, 15) is 9.59 Å². The Labute approximate surface area is 114 Å². The van der Waals surface area contributed by atoms with Gasteiger partial charge in [-0.15, -0.1) is 0 Å². The van der Waals surface area contributed by atoms with Crippen molar-refractivity contribution in [3.63, 3.8) is 0 Å². The fourth-order valence-electron chi connectivity index (χ4n) is 1.46. The van der Waals surface area contributed by atoms with Crippen LogP contribution in [0.2, 0.25) is 0 Å². The van der Waals surface area contributed by atoms with Crippen LogP contribution in [0.3, 0.4) is 0 Å². The summed E-state index contributed by atoms with van der Waals surface area (Å²) in [7, 11) is 0. The Morgan fingerprint density at radius 2 is 1.95 bits per heavy atom. The maximum absolute atomic E-state index is 11.6. The number of anilines is 1. The molecule has 0 aliphatic heterocycles. The molecule has 0 aliphatic carbocycles. The third-order valence-electron chi connectivity index (χ3n) is 3.15. The van der Waals surface area contributed by atoms with Gasteiger partial charge in [-0.25, -0.2) is 0 Å². The third-order valence-corrected chi connectivity index (χ3v) is 3.15. The van der Waals surface area contributed by atoms with E-state index in [1.54, 1.807) is 6.92 Å². The van der Waals surface area contributed by atoms with Crippen LogP contribution >= 0.6 is 0 Å². The molecule has 1 rings (SSSR count). The molecule has 0 saturated heterocycles. The van der Waals surface area contributed by atoms with Crippen LogP contribution in [0.5, 0.6) is 0 Å². The topological polar surface area (TPSA) is 55.4 Å². The lowest BCUT2D eigenvalue weighted by Gasteiger charge is -2.10. The number of carbonyl (C=O) groups is 2. The molecule has 1 unspecified atom stereocenters. The highest BCUT2D eigenvalue weighted by atomic mass is 16.5. The molecule has 1 N–H and O–H groups in total. The summed E-state index contributed by atoms with van der Waals surface area (Å²) >= 11 is 0. The van der Waals surface area contributed by atoms with Gasteiger partial charge in [-0.1, -0.05) is 19.9 Å². The van der Waals surface area contributed by atoms with Gasteiger partial charge in [0.25, 0.3) is 5.91 Å². The molecule has 1 aromatic rings. The minimum Gasteiger partial charge on any atom is -0.455 e. The molecule has 0 fully saturated rings. The SMILES string of the molecule is CCC(C)C(=O)OCC(=O)Nc1ccc(C)c(C)c1. The van der Waals surface area contributed by atoms with Crippen LogP contribution in [0.15, 0.2) is 18.2 Å². The smallest absolute Gasteiger partial charge is 0.309 e. The number of hydrogen-bond donors (Lipinski definition) is 1. The van der Waals surface area contributed by atoms with Crippen LogP contribution < -0.4 is 5.32 Å². The molecule has 0 aliphatic rings. The Bertz CT molecular complexity index is 468. The predicted octanol–water partition coefficient (Wildman–Crippen LogP) is 2.83. The van der Waals surface area contributed by atoms with Gasteiger partial charge in [0.2, 0.25) is 0 Å². The molecule has 0 bridgehead atoms. The Morgan fingerprint density at radius 1 is 1.26 bits per heavy atom. The van der Waals surface area contributed by atoms with E-state index in [1.165, 1.54) is 5.56 Å². The van der Waals surface area contributed by atoms with Gasteiger partial charge in [0.05, 0.1) is 5.92 Å². The van der Waals surface area contributed by atoms with Crippen LogP contribution in [0.25, 0.3) is 0 Å². The van der Waals surface area contributed by atoms with E-state index < -0.39 is 0 Å². The molecule has 0 saturated carbocycles. The van der Waals surface area contributed by atoms with E-state index in [1.807, 2.05) is 39.0 Å². The molecule has 1 atom stereocenters. The third kappa shape index (κ3) is 4.73. The standard InChI is InChI=1S/C15H21NO3/c1-5-10(2)15(18)19-9-14(17)16-13-7-6-11(3)12(4)8-13/h6-8,10H,5,9H2,1-4H3,(H,16,17). The molecule has 1 amide bonds. The Hall–Kier alpha value is -1.84. The molecule has 0 heterocycles. The first-order chi connectivity index (χ1) is 8.93. The summed E-state index contributed by atoms with van der Waals surface area (Å²) in [4.78, 5) is 23.1. The van der Waals surface area contributed by atoms with Crippen LogP contribution in [-0.4, -0.2) is 18.5 Å². The summed E-state index contributed by atoms with van der Waals surface area (Å²) in [5, 5.41) is 2.71. The first-order valence-electron chi connectivity index (χ1n) is 6.47. The Balaban J connectivity index is 2.47. The zero-order chi connectivity index (χ0) is 14.4. The first kappa shape index (κ1) is 15.2. The number of esters is 1. The molecule has 19 heavy (non-hydrogen) atoms. The van der Waals surface area contributed by atoms with Crippen molar-refractivity contribution in [2.45, 2.75) is 34.1 Å². The highest BCUT2D eigenvalue weighted by Crippen LogP contribution is 2.14. The molecule has 1 aromatic carbocycles. The van der Waals surface area contributed by atoms with Crippen LogP contribution in [0, 0.1) is 19.8 Å². The van der Waals surface area contributed by atoms with E-state index in [0.717, 1.165) is 5.56 Å². The fraction of sp³-hybridized carbons (Fsp3) is 0.467. The van der Waals surface area contributed by atoms with Crippen LogP contribution in [-0.2, 0) is 14.3 Å². The number of ether oxygens (including phenoxy) is 1. The van der Waals surface area contributed by atoms with E-state index >= 15 is 0 Å². The largest absolute Gasteiger partial charge is 0.455 e. The van der Waals surface area contributed by atoms with Crippen LogP contribution in [0.4, 0.5) is 5.69 Å². The predicted molar refractivity (Wildman–Crippen MR) is 75.0 cm³/mol. The van der Waals surface area contributed by atoms with Crippen molar-refractivity contribution in [3.05, 3.63) is 29.3 Å². The molecule has 0 spiro atoms. The number of nitrogens with one attached hydrogen (secondary N) is 1. The minimum atomic E-state index is -0.335. The van der Waals surface area contributed by atoms with Crippen LogP contribution in [0.1, 0.15) is 31.4 Å². The minimum absolute atomic E-state index is 0.172. The monoisotopic (exact) mass is 263 g/mol. The molecule has 104 valence electrons. The highest BCUT2D eigenvalue weighted by Gasteiger charge is 2.13. The lowest BCUT2D eigenvalue weighted by molar-refractivity contribution is -0.151. The maximum atomic E-state index is 11.6. The molecule has 0 radical (unpaired) electrons. The number of hydrogen-bond acceptors (Lipinski definition) is 3. The lowest BCUT2D eigenvalue weighted by Crippen LogP contribution is -2.23. The van der Waals surface area contributed by atoms with Crippen molar-refractivity contribution in [3.8, 4) is 0 Å². The normalized spacial score (nSPS) is 11.8. The Kier molecular flexibility index (Phi) is 5.55. The van der Waals surface area contributed by atoms with Gasteiger partial charge < -0.3 is 10.1 Å². The summed E-state index contributed by atoms with van der Waals surface area (Å²) < 4.78 is 4.93. The van der Waals surface area contributed by atoms with E-state index in [2.05, 4.69) is 5.32 Å². The summed E-state index contributed by atoms with van der Waals surface area (Å²) in [5.41, 5.74) is 2.99. The summed E-state index contributed by atoms with van der Waals surface area (Å²) in [6.07, 6.45) is 0.706. The summed E-state index contributed by atoms with van der Waals surface area (Å²) in [5.74, 6) is -0.827. The van der Waals surface area contributed by atoms with Gasteiger partial charge in [-0.05, 0) is 43.5 Å². The van der Waals surface area contributed by atoms with Gasteiger partial charge >= 0.3 is 5.97 Å². The number of carbonyl (C=O) groups excluding carboxylic acids is 2.